The fourth-order valence-electron chi connectivity index (χ4n) is 7.74. The molecule has 2 aromatic rings. The van der Waals surface area contributed by atoms with Crippen LogP contribution in [0.15, 0.2) is 24.3 Å². The highest BCUT2D eigenvalue weighted by Gasteiger charge is 2.54. The summed E-state index contributed by atoms with van der Waals surface area (Å²) in [6, 6.07) is 8.50. The van der Waals surface area contributed by atoms with E-state index in [-0.39, 0.29) is 23.7 Å². The molecule has 6 unspecified atom stereocenters. The summed E-state index contributed by atoms with van der Waals surface area (Å²) in [5.41, 5.74) is 0. The van der Waals surface area contributed by atoms with Gasteiger partial charge in [0.15, 0.2) is 0 Å². The summed E-state index contributed by atoms with van der Waals surface area (Å²) in [4.78, 5) is 30.0. The van der Waals surface area contributed by atoms with E-state index in [4.69, 9.17) is 4.37 Å². The molecule has 1 aromatic carbocycles. The zero-order valence-corrected chi connectivity index (χ0v) is 21.8. The predicted molar refractivity (Wildman–Crippen MR) is 142 cm³/mol. The standard InChI is InChI=1S/C28H38N4O3S/c33-27(24-18-9-10-19(15-18)25(24)28(34)35)29-16-20-5-1-2-6-21(20)17-31-11-13-32(14-12-31)26-22-7-3-4-8-23(22)36-30-26/h3-4,7-8,18-21,24-25H,1-2,5-6,9-17H2,(H,29,33)(H,34,35). The van der Waals surface area contributed by atoms with Crippen LogP contribution in [0.5, 0.6) is 0 Å². The van der Waals surface area contributed by atoms with Crippen LogP contribution in [0.3, 0.4) is 0 Å². The van der Waals surface area contributed by atoms with Crippen molar-refractivity contribution in [1.82, 2.24) is 14.6 Å². The Morgan fingerprint density at radius 1 is 0.972 bits per heavy atom. The first kappa shape index (κ1) is 24.2. The molecule has 1 amide bonds. The van der Waals surface area contributed by atoms with Crippen molar-refractivity contribution in [3.8, 4) is 0 Å². The van der Waals surface area contributed by atoms with E-state index >= 15 is 0 Å². The molecule has 1 aromatic heterocycles. The van der Waals surface area contributed by atoms with Crippen molar-refractivity contribution in [3.05, 3.63) is 24.3 Å². The first-order valence-electron chi connectivity index (χ1n) is 13.9. The molecule has 7 nitrogen and oxygen atoms in total. The van der Waals surface area contributed by atoms with Crippen LogP contribution in [0.1, 0.15) is 44.9 Å². The molecule has 2 bridgehead atoms. The maximum atomic E-state index is 13.1. The Kier molecular flexibility index (Phi) is 6.90. The molecule has 4 aliphatic rings. The van der Waals surface area contributed by atoms with Crippen molar-refractivity contribution in [2.24, 2.45) is 35.5 Å². The van der Waals surface area contributed by atoms with Crippen molar-refractivity contribution in [1.29, 1.82) is 0 Å². The summed E-state index contributed by atoms with van der Waals surface area (Å²) in [5, 5.41) is 14.2. The van der Waals surface area contributed by atoms with Crippen molar-refractivity contribution in [2.45, 2.75) is 44.9 Å². The minimum atomic E-state index is -0.775. The normalized spacial score (nSPS) is 32.7. The highest BCUT2D eigenvalue weighted by molar-refractivity contribution is 7.13. The van der Waals surface area contributed by atoms with Crippen LogP contribution in [-0.4, -0.2) is 65.5 Å². The van der Waals surface area contributed by atoms with Crippen molar-refractivity contribution in [3.63, 3.8) is 0 Å². The molecule has 2 heterocycles. The molecule has 1 aliphatic heterocycles. The van der Waals surface area contributed by atoms with Gasteiger partial charge in [0.2, 0.25) is 5.91 Å². The third-order valence-electron chi connectivity index (χ3n) is 9.63. The quantitative estimate of drug-likeness (QED) is 0.584. The van der Waals surface area contributed by atoms with Gasteiger partial charge in [0.1, 0.15) is 5.82 Å². The number of fused-ring (bicyclic) bond motifs is 3. The molecular formula is C28H38N4O3S. The van der Waals surface area contributed by atoms with Crippen molar-refractivity contribution < 1.29 is 14.7 Å². The number of nitrogens with zero attached hydrogens (tertiary/aromatic N) is 3. The number of benzene rings is 1. The first-order valence-corrected chi connectivity index (χ1v) is 14.7. The van der Waals surface area contributed by atoms with E-state index < -0.39 is 11.9 Å². The number of aromatic nitrogens is 1. The number of anilines is 1. The van der Waals surface area contributed by atoms with E-state index in [0.717, 1.165) is 64.2 Å². The lowest BCUT2D eigenvalue weighted by Gasteiger charge is -2.40. The number of carboxylic acids is 1. The smallest absolute Gasteiger partial charge is 0.307 e. The monoisotopic (exact) mass is 510 g/mol. The van der Waals surface area contributed by atoms with E-state index in [2.05, 4.69) is 39.4 Å². The Balaban J connectivity index is 1.02. The molecule has 36 heavy (non-hydrogen) atoms. The minimum absolute atomic E-state index is 0.00280. The van der Waals surface area contributed by atoms with E-state index in [9.17, 15) is 14.7 Å². The van der Waals surface area contributed by atoms with Gasteiger partial charge < -0.3 is 15.3 Å². The van der Waals surface area contributed by atoms with E-state index in [1.165, 1.54) is 29.3 Å². The SMILES string of the molecule is O=C(O)C1C2CCC(C2)C1C(=O)NCC1CCCCC1CN1CCN(c2nsc3ccccc23)CC1. The number of nitrogens with one attached hydrogen (secondary N) is 1. The summed E-state index contributed by atoms with van der Waals surface area (Å²) >= 11 is 1.59. The lowest BCUT2D eigenvalue weighted by atomic mass is 9.77. The molecule has 3 aliphatic carbocycles. The van der Waals surface area contributed by atoms with Gasteiger partial charge in [-0.1, -0.05) is 25.0 Å². The molecular weight excluding hydrogens is 472 g/mol. The van der Waals surface area contributed by atoms with Crippen LogP contribution in [0.25, 0.3) is 10.1 Å². The molecule has 0 spiro atoms. The van der Waals surface area contributed by atoms with Gasteiger partial charge >= 0.3 is 5.97 Å². The van der Waals surface area contributed by atoms with Gasteiger partial charge in [0.05, 0.1) is 16.5 Å². The van der Waals surface area contributed by atoms with Crippen LogP contribution in [0.2, 0.25) is 0 Å². The highest BCUT2D eigenvalue weighted by Crippen LogP contribution is 2.52. The average Bonchev–Trinajstić information content (AvgIpc) is 3.63. The topological polar surface area (TPSA) is 85.8 Å². The number of piperazine rings is 1. The van der Waals surface area contributed by atoms with E-state index in [1.54, 1.807) is 11.5 Å². The van der Waals surface area contributed by atoms with Gasteiger partial charge in [-0.05, 0) is 79.4 Å². The van der Waals surface area contributed by atoms with Gasteiger partial charge in [-0.2, -0.15) is 4.37 Å². The number of carbonyl (C=O) groups is 2. The second-order valence-electron chi connectivity index (χ2n) is 11.6. The van der Waals surface area contributed by atoms with E-state index in [1.807, 2.05) is 0 Å². The summed E-state index contributed by atoms with van der Waals surface area (Å²) < 4.78 is 6.00. The molecule has 6 rings (SSSR count). The molecule has 3 saturated carbocycles. The van der Waals surface area contributed by atoms with Crippen LogP contribution in [-0.2, 0) is 9.59 Å². The fourth-order valence-corrected chi connectivity index (χ4v) is 8.54. The number of hydrogen-bond acceptors (Lipinski definition) is 6. The van der Waals surface area contributed by atoms with E-state index in [0.29, 0.717) is 18.4 Å². The molecule has 194 valence electrons. The molecule has 2 N–H and O–H groups in total. The maximum absolute atomic E-state index is 13.1. The largest absolute Gasteiger partial charge is 0.481 e. The Morgan fingerprint density at radius 2 is 1.69 bits per heavy atom. The fraction of sp³-hybridized carbons (Fsp3) is 0.679. The number of carbonyl (C=O) groups excluding carboxylic acids is 1. The number of amides is 1. The summed E-state index contributed by atoms with van der Waals surface area (Å²) in [5.74, 6) is 1.12. The number of aliphatic carboxylic acids is 1. The number of carboxylic acid groups (broad SMARTS) is 1. The van der Waals surface area contributed by atoms with Gasteiger partial charge in [0.25, 0.3) is 0 Å². The molecule has 4 fully saturated rings. The second-order valence-corrected chi connectivity index (χ2v) is 12.4. The lowest BCUT2D eigenvalue weighted by molar-refractivity contribution is -0.149. The van der Waals surface area contributed by atoms with Crippen LogP contribution in [0.4, 0.5) is 5.82 Å². The molecule has 1 saturated heterocycles. The lowest BCUT2D eigenvalue weighted by Crippen LogP contribution is -2.50. The maximum Gasteiger partial charge on any atom is 0.307 e. The van der Waals surface area contributed by atoms with Gasteiger partial charge in [-0.15, -0.1) is 0 Å². The van der Waals surface area contributed by atoms with Crippen LogP contribution >= 0.6 is 11.5 Å². The number of hydrogen-bond donors (Lipinski definition) is 2. The summed E-state index contributed by atoms with van der Waals surface area (Å²) in [6.45, 7) is 5.90. The van der Waals surface area contributed by atoms with Crippen molar-refractivity contribution in [2.75, 3.05) is 44.2 Å². The Hall–Kier alpha value is -2.19. The zero-order chi connectivity index (χ0) is 24.6. The highest BCUT2D eigenvalue weighted by atomic mass is 32.1. The molecule has 6 atom stereocenters. The molecule has 8 heteroatoms. The predicted octanol–water partition coefficient (Wildman–Crippen LogP) is 4.09. The van der Waals surface area contributed by atoms with Gasteiger partial charge in [-0.25, -0.2) is 0 Å². The van der Waals surface area contributed by atoms with Crippen LogP contribution in [0, 0.1) is 35.5 Å². The first-order chi connectivity index (χ1) is 17.6. The van der Waals surface area contributed by atoms with Crippen LogP contribution < -0.4 is 10.2 Å². The third-order valence-corrected chi connectivity index (χ3v) is 10.4. The second kappa shape index (κ2) is 10.3. The average molecular weight is 511 g/mol. The summed E-state index contributed by atoms with van der Waals surface area (Å²) in [6.07, 6.45) is 7.80. The Labute approximate surface area is 217 Å². The number of rotatable bonds is 7. The Morgan fingerprint density at radius 3 is 2.47 bits per heavy atom. The minimum Gasteiger partial charge on any atom is -0.481 e. The van der Waals surface area contributed by atoms with Crippen molar-refractivity contribution >= 4 is 39.3 Å². The molecule has 0 radical (unpaired) electrons. The Bertz CT molecular complexity index is 1100. The van der Waals surface area contributed by atoms with Gasteiger partial charge in [-0.3, -0.25) is 14.5 Å². The van der Waals surface area contributed by atoms with Gasteiger partial charge in [0, 0.05) is 44.7 Å². The zero-order valence-electron chi connectivity index (χ0n) is 21.0. The summed E-state index contributed by atoms with van der Waals surface area (Å²) in [7, 11) is 0. The third kappa shape index (κ3) is 4.62.